The van der Waals surface area contributed by atoms with Gasteiger partial charge in [-0.05, 0) is 43.3 Å². The van der Waals surface area contributed by atoms with E-state index < -0.39 is 0 Å². The number of para-hydroxylation sites is 2. The molecule has 2 heterocycles. The van der Waals surface area contributed by atoms with E-state index in [2.05, 4.69) is 10.3 Å². The van der Waals surface area contributed by atoms with Crippen molar-refractivity contribution in [2.45, 2.75) is 6.92 Å². The van der Waals surface area contributed by atoms with Crippen molar-refractivity contribution >= 4 is 38.9 Å². The van der Waals surface area contributed by atoms with E-state index in [1.165, 1.54) is 35.6 Å². The topological polar surface area (TPSA) is 46.4 Å². The number of aromatic nitrogens is 2. The van der Waals surface area contributed by atoms with Crippen LogP contribution < -0.4 is 5.32 Å². The molecule has 114 valence electrons. The summed E-state index contributed by atoms with van der Waals surface area (Å²) in [6.07, 6.45) is 0. The maximum Gasteiger partial charge on any atom is 0.267 e. The van der Waals surface area contributed by atoms with Crippen LogP contribution in [0, 0.1) is 12.7 Å². The van der Waals surface area contributed by atoms with Gasteiger partial charge in [0.1, 0.15) is 10.7 Å². The first-order chi connectivity index (χ1) is 11.1. The molecule has 0 unspecified atom stereocenters. The highest BCUT2D eigenvalue weighted by molar-refractivity contribution is 7.19. The minimum Gasteiger partial charge on any atom is -0.321 e. The van der Waals surface area contributed by atoms with Crippen molar-refractivity contribution in [3.63, 3.8) is 0 Å². The second-order valence-corrected chi connectivity index (χ2v) is 6.17. The number of anilines is 1. The Morgan fingerprint density at radius 2 is 1.91 bits per heavy atom. The molecule has 1 amide bonds. The fraction of sp³-hybridized carbons (Fsp3) is 0.0588. The van der Waals surface area contributed by atoms with Gasteiger partial charge in [0.15, 0.2) is 4.96 Å². The monoisotopic (exact) mass is 325 g/mol. The van der Waals surface area contributed by atoms with Crippen LogP contribution in [-0.4, -0.2) is 15.3 Å². The molecular weight excluding hydrogens is 313 g/mol. The van der Waals surface area contributed by atoms with Crippen molar-refractivity contribution in [2.75, 3.05) is 5.32 Å². The SMILES string of the molecule is Cc1c(C(=O)Nc2ccc(F)cc2)sc2nc3ccccc3n12. The van der Waals surface area contributed by atoms with Gasteiger partial charge in [0.05, 0.1) is 11.0 Å². The lowest BCUT2D eigenvalue weighted by Crippen LogP contribution is -2.11. The molecule has 0 aliphatic carbocycles. The van der Waals surface area contributed by atoms with Crippen molar-refractivity contribution in [3.8, 4) is 0 Å². The Kier molecular flexibility index (Phi) is 3.12. The van der Waals surface area contributed by atoms with E-state index in [9.17, 15) is 9.18 Å². The van der Waals surface area contributed by atoms with Crippen LogP contribution >= 0.6 is 11.3 Å². The Hall–Kier alpha value is -2.73. The van der Waals surface area contributed by atoms with Crippen LogP contribution in [0.25, 0.3) is 16.0 Å². The summed E-state index contributed by atoms with van der Waals surface area (Å²) >= 11 is 1.35. The Morgan fingerprint density at radius 1 is 1.17 bits per heavy atom. The van der Waals surface area contributed by atoms with E-state index in [1.54, 1.807) is 0 Å². The molecule has 23 heavy (non-hydrogen) atoms. The molecule has 0 spiro atoms. The average Bonchev–Trinajstić information content (AvgIpc) is 3.06. The molecule has 0 aliphatic rings. The molecule has 2 aromatic heterocycles. The van der Waals surface area contributed by atoms with Gasteiger partial charge in [-0.15, -0.1) is 0 Å². The number of thiazole rings is 1. The predicted octanol–water partition coefficient (Wildman–Crippen LogP) is 4.25. The number of nitrogens with zero attached hydrogens (tertiary/aromatic N) is 2. The molecule has 4 aromatic rings. The second kappa shape index (κ2) is 5.17. The molecule has 0 saturated heterocycles. The number of carbonyl (C=O) groups excluding carboxylic acids is 1. The lowest BCUT2D eigenvalue weighted by Gasteiger charge is -2.04. The van der Waals surface area contributed by atoms with Crippen molar-refractivity contribution in [1.29, 1.82) is 0 Å². The van der Waals surface area contributed by atoms with Crippen LogP contribution in [0.3, 0.4) is 0 Å². The van der Waals surface area contributed by atoms with Gasteiger partial charge in [-0.2, -0.15) is 0 Å². The first-order valence-electron chi connectivity index (χ1n) is 7.07. The molecule has 4 nitrogen and oxygen atoms in total. The van der Waals surface area contributed by atoms with Gasteiger partial charge in [0, 0.05) is 11.4 Å². The van der Waals surface area contributed by atoms with Crippen LogP contribution in [0.15, 0.2) is 48.5 Å². The molecule has 0 bridgehead atoms. The molecule has 0 atom stereocenters. The van der Waals surface area contributed by atoms with Gasteiger partial charge >= 0.3 is 0 Å². The zero-order valence-corrected chi connectivity index (χ0v) is 13.0. The normalized spacial score (nSPS) is 11.2. The maximum atomic E-state index is 12.9. The van der Waals surface area contributed by atoms with Crippen molar-refractivity contribution < 1.29 is 9.18 Å². The zero-order valence-electron chi connectivity index (χ0n) is 12.2. The van der Waals surface area contributed by atoms with Gasteiger partial charge in [-0.3, -0.25) is 9.20 Å². The van der Waals surface area contributed by atoms with E-state index in [0.717, 1.165) is 21.7 Å². The first-order valence-corrected chi connectivity index (χ1v) is 7.88. The van der Waals surface area contributed by atoms with Gasteiger partial charge in [-0.25, -0.2) is 9.37 Å². The quantitative estimate of drug-likeness (QED) is 0.599. The summed E-state index contributed by atoms with van der Waals surface area (Å²) in [5.41, 5.74) is 3.30. The van der Waals surface area contributed by atoms with E-state index in [0.29, 0.717) is 10.6 Å². The number of rotatable bonds is 2. The number of imidazole rings is 1. The molecule has 1 N–H and O–H groups in total. The number of halogens is 1. The van der Waals surface area contributed by atoms with Crippen LogP contribution in [-0.2, 0) is 0 Å². The number of hydrogen-bond donors (Lipinski definition) is 1. The Morgan fingerprint density at radius 3 is 2.70 bits per heavy atom. The Bertz CT molecular complexity index is 1030. The van der Waals surface area contributed by atoms with Crippen molar-refractivity contribution in [2.24, 2.45) is 0 Å². The maximum absolute atomic E-state index is 12.9. The predicted molar refractivity (Wildman–Crippen MR) is 89.7 cm³/mol. The second-order valence-electron chi connectivity index (χ2n) is 5.20. The summed E-state index contributed by atoms with van der Waals surface area (Å²) in [7, 11) is 0. The first kappa shape index (κ1) is 13.9. The third kappa shape index (κ3) is 2.27. The highest BCUT2D eigenvalue weighted by Gasteiger charge is 2.18. The summed E-state index contributed by atoms with van der Waals surface area (Å²) in [4.78, 5) is 18.4. The van der Waals surface area contributed by atoms with Crippen LogP contribution in [0.4, 0.5) is 10.1 Å². The average molecular weight is 325 g/mol. The lowest BCUT2D eigenvalue weighted by atomic mass is 10.3. The van der Waals surface area contributed by atoms with Crippen molar-refractivity contribution in [3.05, 3.63) is 64.9 Å². The third-order valence-corrected chi connectivity index (χ3v) is 4.84. The van der Waals surface area contributed by atoms with Gasteiger partial charge < -0.3 is 5.32 Å². The number of amides is 1. The highest BCUT2D eigenvalue weighted by atomic mass is 32.1. The summed E-state index contributed by atoms with van der Waals surface area (Å²) in [6, 6.07) is 13.5. The summed E-state index contributed by atoms with van der Waals surface area (Å²) in [6.45, 7) is 1.90. The number of fused-ring (bicyclic) bond motifs is 3. The largest absolute Gasteiger partial charge is 0.321 e. The van der Waals surface area contributed by atoms with Crippen LogP contribution in [0.1, 0.15) is 15.4 Å². The van der Waals surface area contributed by atoms with Crippen molar-refractivity contribution in [1.82, 2.24) is 9.38 Å². The smallest absolute Gasteiger partial charge is 0.267 e. The van der Waals surface area contributed by atoms with E-state index in [-0.39, 0.29) is 11.7 Å². The molecule has 0 aliphatic heterocycles. The van der Waals surface area contributed by atoms with Gasteiger partial charge in [0.2, 0.25) is 0 Å². The fourth-order valence-electron chi connectivity index (χ4n) is 2.59. The molecule has 0 radical (unpaired) electrons. The third-order valence-electron chi connectivity index (χ3n) is 3.70. The molecule has 6 heteroatoms. The summed E-state index contributed by atoms with van der Waals surface area (Å²) < 4.78 is 14.9. The number of aryl methyl sites for hydroxylation is 1. The lowest BCUT2D eigenvalue weighted by molar-refractivity contribution is 0.102. The van der Waals surface area contributed by atoms with E-state index in [4.69, 9.17) is 0 Å². The summed E-state index contributed by atoms with van der Waals surface area (Å²) in [5, 5.41) is 2.79. The van der Waals surface area contributed by atoms with E-state index >= 15 is 0 Å². The Balaban J connectivity index is 1.75. The highest BCUT2D eigenvalue weighted by Crippen LogP contribution is 2.28. The molecule has 0 saturated carbocycles. The van der Waals surface area contributed by atoms with Gasteiger partial charge in [-0.1, -0.05) is 23.5 Å². The van der Waals surface area contributed by atoms with E-state index in [1.807, 2.05) is 35.6 Å². The number of hydrogen-bond acceptors (Lipinski definition) is 3. The number of carbonyl (C=O) groups is 1. The minimum atomic E-state index is -0.333. The number of nitrogens with one attached hydrogen (secondary N) is 1. The molecule has 4 rings (SSSR count). The zero-order chi connectivity index (χ0) is 16.0. The standard InChI is InChI=1S/C17H12FN3OS/c1-10-15(16(22)19-12-8-6-11(18)7-9-12)23-17-20-13-4-2-3-5-14(13)21(10)17/h2-9H,1H3,(H,19,22). The minimum absolute atomic E-state index is 0.214. The molecule has 0 fully saturated rings. The summed E-state index contributed by atoms with van der Waals surface area (Å²) in [5.74, 6) is -0.547. The number of benzene rings is 2. The van der Waals surface area contributed by atoms with Gasteiger partial charge in [0.25, 0.3) is 5.91 Å². The molecular formula is C17H12FN3OS. The molecule has 2 aromatic carbocycles. The Labute approximate surface area is 135 Å². The van der Waals surface area contributed by atoms with Crippen LogP contribution in [0.5, 0.6) is 0 Å². The fourth-order valence-corrected chi connectivity index (χ4v) is 3.63. The van der Waals surface area contributed by atoms with Crippen LogP contribution in [0.2, 0.25) is 0 Å².